The van der Waals surface area contributed by atoms with Crippen molar-refractivity contribution in [1.29, 1.82) is 0 Å². The molecule has 2 aromatic rings. The van der Waals surface area contributed by atoms with Crippen LogP contribution < -0.4 is 4.74 Å². The van der Waals surface area contributed by atoms with E-state index in [-0.39, 0.29) is 5.75 Å². The van der Waals surface area contributed by atoms with Gasteiger partial charge in [-0.25, -0.2) is 4.39 Å². The number of halogens is 1. The molecule has 0 aliphatic rings. The molecule has 0 aliphatic carbocycles. The lowest BCUT2D eigenvalue weighted by Crippen LogP contribution is -2.04. The van der Waals surface area contributed by atoms with Crippen LogP contribution in [0.25, 0.3) is 11.1 Å². The smallest absolute Gasteiger partial charge is 0.165 e. The summed E-state index contributed by atoms with van der Waals surface area (Å²) < 4.78 is 23.9. The van der Waals surface area contributed by atoms with Crippen molar-refractivity contribution in [2.75, 3.05) is 20.3 Å². The van der Waals surface area contributed by atoms with E-state index in [1.165, 1.54) is 12.1 Å². The molecule has 2 aromatic carbocycles. The van der Waals surface area contributed by atoms with E-state index >= 15 is 0 Å². The van der Waals surface area contributed by atoms with E-state index < -0.39 is 5.82 Å². The van der Waals surface area contributed by atoms with Gasteiger partial charge in [-0.3, -0.25) is 0 Å². The second kappa shape index (κ2) is 6.20. The van der Waals surface area contributed by atoms with Crippen LogP contribution in [0.1, 0.15) is 0 Å². The Bertz CT molecular complexity index is 555. The van der Waals surface area contributed by atoms with E-state index in [0.717, 1.165) is 5.56 Å². The highest BCUT2D eigenvalue weighted by Gasteiger charge is 2.08. The lowest BCUT2D eigenvalue weighted by molar-refractivity contribution is 0.146. The Labute approximate surface area is 111 Å². The van der Waals surface area contributed by atoms with Crippen molar-refractivity contribution in [3.8, 4) is 22.6 Å². The Hall–Kier alpha value is -2.07. The maximum Gasteiger partial charge on any atom is 0.165 e. The third-order valence-corrected chi connectivity index (χ3v) is 2.69. The van der Waals surface area contributed by atoms with Gasteiger partial charge in [0.15, 0.2) is 11.6 Å². The molecule has 0 amide bonds. The average Bonchev–Trinajstić information content (AvgIpc) is 2.43. The van der Waals surface area contributed by atoms with Gasteiger partial charge < -0.3 is 14.6 Å². The maximum atomic E-state index is 13.4. The van der Waals surface area contributed by atoms with E-state index in [1.807, 2.05) is 24.3 Å². The molecule has 3 nitrogen and oxygen atoms in total. The number of ether oxygens (including phenoxy) is 2. The number of para-hydroxylation sites is 1. The molecule has 4 heteroatoms. The van der Waals surface area contributed by atoms with Gasteiger partial charge >= 0.3 is 0 Å². The monoisotopic (exact) mass is 262 g/mol. The van der Waals surface area contributed by atoms with Crippen molar-refractivity contribution in [2.45, 2.75) is 0 Å². The molecule has 0 spiro atoms. The summed E-state index contributed by atoms with van der Waals surface area (Å²) in [5.41, 5.74) is 1.43. The van der Waals surface area contributed by atoms with E-state index in [2.05, 4.69) is 0 Å². The van der Waals surface area contributed by atoms with Crippen LogP contribution in [0.2, 0.25) is 0 Å². The fraction of sp³-hybridized carbons (Fsp3) is 0.200. The minimum atomic E-state index is -0.649. The minimum Gasteiger partial charge on any atom is -0.505 e. The molecule has 0 fully saturated rings. The Morgan fingerprint density at radius 2 is 1.89 bits per heavy atom. The molecule has 0 aromatic heterocycles. The summed E-state index contributed by atoms with van der Waals surface area (Å²) in [4.78, 5) is 0. The number of phenols is 1. The molecule has 0 aliphatic heterocycles. The molecule has 0 saturated carbocycles. The predicted octanol–water partition coefficient (Wildman–Crippen LogP) is 3.22. The zero-order valence-electron chi connectivity index (χ0n) is 10.6. The molecule has 0 unspecified atom stereocenters. The van der Waals surface area contributed by atoms with Gasteiger partial charge in [0.1, 0.15) is 12.4 Å². The average molecular weight is 262 g/mol. The number of hydrogen-bond acceptors (Lipinski definition) is 3. The number of aromatic hydroxyl groups is 1. The van der Waals surface area contributed by atoms with E-state index in [9.17, 15) is 9.50 Å². The highest BCUT2D eigenvalue weighted by molar-refractivity contribution is 5.70. The third kappa shape index (κ3) is 3.23. The number of rotatable bonds is 5. The van der Waals surface area contributed by atoms with E-state index in [4.69, 9.17) is 9.47 Å². The zero-order valence-corrected chi connectivity index (χ0v) is 10.6. The second-order valence-corrected chi connectivity index (χ2v) is 4.00. The lowest BCUT2D eigenvalue weighted by Gasteiger charge is -2.11. The minimum absolute atomic E-state index is 0.360. The van der Waals surface area contributed by atoms with Gasteiger partial charge in [-0.05, 0) is 23.8 Å². The summed E-state index contributed by atoms with van der Waals surface area (Å²) in [6.45, 7) is 0.909. The van der Waals surface area contributed by atoms with Crippen molar-refractivity contribution < 1.29 is 19.0 Å². The van der Waals surface area contributed by atoms with Gasteiger partial charge in [-0.1, -0.05) is 24.3 Å². The fourth-order valence-corrected chi connectivity index (χ4v) is 1.74. The summed E-state index contributed by atoms with van der Waals surface area (Å²) in [7, 11) is 1.60. The Kier molecular flexibility index (Phi) is 4.36. The topological polar surface area (TPSA) is 38.7 Å². The van der Waals surface area contributed by atoms with Gasteiger partial charge in [0.2, 0.25) is 0 Å². The normalized spacial score (nSPS) is 10.4. The molecule has 100 valence electrons. The van der Waals surface area contributed by atoms with Crippen LogP contribution >= 0.6 is 0 Å². The first-order chi connectivity index (χ1) is 9.22. The van der Waals surface area contributed by atoms with E-state index in [0.29, 0.717) is 24.5 Å². The van der Waals surface area contributed by atoms with Crippen molar-refractivity contribution >= 4 is 0 Å². The lowest BCUT2D eigenvalue weighted by atomic mass is 10.0. The van der Waals surface area contributed by atoms with E-state index in [1.54, 1.807) is 13.2 Å². The number of hydrogen-bond donors (Lipinski definition) is 1. The first-order valence-corrected chi connectivity index (χ1v) is 5.92. The van der Waals surface area contributed by atoms with Gasteiger partial charge in [0.25, 0.3) is 0 Å². The third-order valence-electron chi connectivity index (χ3n) is 2.69. The molecule has 0 radical (unpaired) electrons. The van der Waals surface area contributed by atoms with Crippen LogP contribution in [-0.4, -0.2) is 25.4 Å². The summed E-state index contributed by atoms with van der Waals surface area (Å²) in [6.07, 6.45) is 0. The molecule has 0 saturated heterocycles. The highest BCUT2D eigenvalue weighted by Crippen LogP contribution is 2.31. The maximum absolute atomic E-state index is 13.4. The molecule has 19 heavy (non-hydrogen) atoms. The van der Waals surface area contributed by atoms with Crippen LogP contribution in [0.15, 0.2) is 42.5 Å². The molecule has 0 heterocycles. The van der Waals surface area contributed by atoms with Gasteiger partial charge in [-0.2, -0.15) is 0 Å². The Morgan fingerprint density at radius 1 is 1.11 bits per heavy atom. The van der Waals surface area contributed by atoms with Gasteiger partial charge in [0.05, 0.1) is 6.61 Å². The largest absolute Gasteiger partial charge is 0.505 e. The molecule has 2 rings (SSSR count). The number of benzene rings is 2. The Morgan fingerprint density at radius 3 is 2.63 bits per heavy atom. The van der Waals surface area contributed by atoms with Crippen LogP contribution in [0.5, 0.6) is 11.5 Å². The van der Waals surface area contributed by atoms with Crippen molar-refractivity contribution in [3.05, 3.63) is 48.3 Å². The van der Waals surface area contributed by atoms with Crippen LogP contribution in [-0.2, 0) is 4.74 Å². The summed E-state index contributed by atoms with van der Waals surface area (Å²) in [5.74, 6) is -0.352. The molecular formula is C15H15FO3. The summed E-state index contributed by atoms with van der Waals surface area (Å²) >= 11 is 0. The first-order valence-electron chi connectivity index (χ1n) is 5.92. The molecular weight excluding hydrogens is 247 g/mol. The molecule has 1 N–H and O–H groups in total. The van der Waals surface area contributed by atoms with Crippen LogP contribution in [0.4, 0.5) is 4.39 Å². The van der Waals surface area contributed by atoms with Crippen LogP contribution in [0.3, 0.4) is 0 Å². The predicted molar refractivity (Wildman–Crippen MR) is 70.9 cm³/mol. The first kappa shape index (κ1) is 13.4. The Balaban J connectivity index is 2.30. The highest BCUT2D eigenvalue weighted by atomic mass is 19.1. The van der Waals surface area contributed by atoms with Gasteiger partial charge in [0, 0.05) is 12.7 Å². The van der Waals surface area contributed by atoms with Crippen molar-refractivity contribution in [2.24, 2.45) is 0 Å². The van der Waals surface area contributed by atoms with Gasteiger partial charge in [-0.15, -0.1) is 0 Å². The van der Waals surface area contributed by atoms with Crippen molar-refractivity contribution in [3.63, 3.8) is 0 Å². The molecule has 0 atom stereocenters. The fourth-order valence-electron chi connectivity index (χ4n) is 1.74. The molecule has 0 bridgehead atoms. The van der Waals surface area contributed by atoms with Crippen LogP contribution in [0, 0.1) is 5.82 Å². The second-order valence-electron chi connectivity index (χ2n) is 4.00. The summed E-state index contributed by atoms with van der Waals surface area (Å²) in [6, 6.07) is 11.6. The number of methoxy groups -OCH3 is 1. The summed E-state index contributed by atoms with van der Waals surface area (Å²) in [5, 5.41) is 9.21. The van der Waals surface area contributed by atoms with Crippen molar-refractivity contribution in [1.82, 2.24) is 0 Å². The quantitative estimate of drug-likeness (QED) is 0.841. The number of phenolic OH excluding ortho intramolecular Hbond substituents is 1. The zero-order chi connectivity index (χ0) is 13.7. The SMILES string of the molecule is COCCOc1ccccc1-c1ccc(O)c(F)c1. The standard InChI is InChI=1S/C15H15FO3/c1-18-8-9-19-15-5-3-2-4-12(15)11-6-7-14(17)13(16)10-11/h2-7,10,17H,8-9H2,1H3.